The first kappa shape index (κ1) is 78.4. The molecule has 1 heterocycles. The normalized spacial score (nSPS) is 19.9. The molecule has 96 heavy (non-hydrogen) atoms. The van der Waals surface area contributed by atoms with Gasteiger partial charge in [0.2, 0.25) is 0 Å². The predicted octanol–water partition coefficient (Wildman–Crippen LogP) is 24.6. The number of phenols is 3. The third-order valence-electron chi connectivity index (χ3n) is 21.9. The molecule has 3 fully saturated rings. The van der Waals surface area contributed by atoms with Crippen LogP contribution in [0.2, 0.25) is 0 Å². The number of hydrogen-bond donors (Lipinski definition) is 3. The second-order valence-electron chi connectivity index (χ2n) is 30.3. The lowest BCUT2D eigenvalue weighted by Crippen LogP contribution is -2.27. The van der Waals surface area contributed by atoms with Crippen LogP contribution in [0.15, 0.2) is 66.4 Å². The molecule has 3 N–H and O–H groups in total. The molecule has 3 aliphatic carbocycles. The number of unbranched alkanes of at least 4 members (excludes halogenated alkanes) is 36. The molecule has 9 heteroatoms. The first-order chi connectivity index (χ1) is 47.3. The number of fused-ring (bicyclic) bond motifs is 9. The second-order valence-corrected chi connectivity index (χ2v) is 30.3. The first-order valence-corrected chi connectivity index (χ1v) is 41.1. The number of nitrogens with zero attached hydrogens (tertiary/aromatic N) is 6. The SMILES string of the molecule is CCCCCCCCCCCCCCCc1cc2c(O)c(c1)C=NC1CCCCC1N=Cc1cc(CCCCCCCCCCCCCCC)cc(c1O)C=NC1CCCCC1N=Cc1cc(CCCCCCCCCCCCCCC)cc(c1O)C=NC1CCCCC1N=C2. The van der Waals surface area contributed by atoms with Crippen LogP contribution in [0.1, 0.15) is 398 Å². The number of hydrogen-bond acceptors (Lipinski definition) is 9. The minimum atomic E-state index is -0.0457. The molecule has 6 atom stereocenters. The van der Waals surface area contributed by atoms with Gasteiger partial charge in [-0.2, -0.15) is 0 Å². The van der Waals surface area contributed by atoms with Crippen molar-refractivity contribution in [1.82, 2.24) is 0 Å². The van der Waals surface area contributed by atoms with Crippen LogP contribution in [-0.2, 0) is 19.3 Å². The summed E-state index contributed by atoms with van der Waals surface area (Å²) >= 11 is 0. The number of rotatable bonds is 42. The fraction of sp³-hybridized carbons (Fsp3) is 0.724. The molecular formula is C87H138N6O3. The zero-order chi connectivity index (χ0) is 67.3. The van der Waals surface area contributed by atoms with Gasteiger partial charge in [0.25, 0.3) is 0 Å². The van der Waals surface area contributed by atoms with Gasteiger partial charge in [-0.1, -0.05) is 290 Å². The molecule has 0 radical (unpaired) electrons. The maximum absolute atomic E-state index is 12.2. The molecule has 9 nitrogen and oxygen atoms in total. The van der Waals surface area contributed by atoms with E-state index in [4.69, 9.17) is 30.0 Å². The molecule has 0 saturated heterocycles. The van der Waals surface area contributed by atoms with Gasteiger partial charge in [-0.15, -0.1) is 0 Å². The lowest BCUT2D eigenvalue weighted by atomic mass is 9.90. The molecule has 3 aromatic carbocycles. The van der Waals surface area contributed by atoms with Gasteiger partial charge in [0.15, 0.2) is 0 Å². The lowest BCUT2D eigenvalue weighted by molar-refractivity contribution is 0.389. The van der Waals surface area contributed by atoms with Crippen molar-refractivity contribution < 1.29 is 15.3 Å². The molecule has 0 amide bonds. The van der Waals surface area contributed by atoms with Gasteiger partial charge in [-0.3, -0.25) is 30.0 Å². The van der Waals surface area contributed by atoms with E-state index < -0.39 is 0 Å². The Bertz CT molecular complexity index is 2340. The minimum Gasteiger partial charge on any atom is -0.507 e. The number of phenolic OH excluding ortho intramolecular Hbond substituents is 3. The van der Waals surface area contributed by atoms with Crippen LogP contribution < -0.4 is 0 Å². The fourth-order valence-corrected chi connectivity index (χ4v) is 15.7. The Morgan fingerprint density at radius 1 is 0.229 bits per heavy atom. The highest BCUT2D eigenvalue weighted by Crippen LogP contribution is 2.33. The molecule has 7 rings (SSSR count). The Morgan fingerprint density at radius 3 is 0.531 bits per heavy atom. The van der Waals surface area contributed by atoms with Gasteiger partial charge in [-0.05, 0) is 130 Å². The molecule has 0 spiro atoms. The maximum Gasteiger partial charge on any atom is 0.133 e. The average molecular weight is 1320 g/mol. The third kappa shape index (κ3) is 30.3. The van der Waals surface area contributed by atoms with E-state index >= 15 is 0 Å². The molecule has 6 bridgehead atoms. The van der Waals surface area contributed by atoms with E-state index in [0.717, 1.165) is 149 Å². The highest BCUT2D eigenvalue weighted by atomic mass is 16.3. The van der Waals surface area contributed by atoms with Crippen LogP contribution in [0.4, 0.5) is 0 Å². The smallest absolute Gasteiger partial charge is 0.133 e. The van der Waals surface area contributed by atoms with Gasteiger partial charge < -0.3 is 15.3 Å². The summed E-state index contributed by atoms with van der Waals surface area (Å²) in [5.74, 6) is 0.665. The Balaban J connectivity index is 1.14. The molecule has 1 aliphatic heterocycles. The summed E-state index contributed by atoms with van der Waals surface area (Å²) in [6.45, 7) is 6.89. The summed E-state index contributed by atoms with van der Waals surface area (Å²) in [6, 6.07) is 12.7. The summed E-state index contributed by atoms with van der Waals surface area (Å²) in [5, 5.41) is 36.7. The topological polar surface area (TPSA) is 135 Å². The monoisotopic (exact) mass is 1320 g/mol. The van der Waals surface area contributed by atoms with Crippen LogP contribution in [0.25, 0.3) is 0 Å². The van der Waals surface area contributed by atoms with Gasteiger partial charge in [0.1, 0.15) is 17.2 Å². The van der Waals surface area contributed by atoms with Crippen molar-refractivity contribution in [2.45, 2.75) is 404 Å². The van der Waals surface area contributed by atoms with Crippen LogP contribution in [0.5, 0.6) is 17.2 Å². The summed E-state index contributed by atoms with van der Waals surface area (Å²) in [5.41, 5.74) is 8.06. The van der Waals surface area contributed by atoms with E-state index in [2.05, 4.69) is 57.2 Å². The van der Waals surface area contributed by atoms with Gasteiger partial charge in [0, 0.05) is 70.7 Å². The van der Waals surface area contributed by atoms with Crippen molar-refractivity contribution in [3.05, 3.63) is 86.5 Å². The summed E-state index contributed by atoms with van der Waals surface area (Å²) in [6.07, 6.45) is 78.0. The highest BCUT2D eigenvalue weighted by molar-refractivity contribution is 5.94. The van der Waals surface area contributed by atoms with Crippen molar-refractivity contribution >= 4 is 37.3 Å². The first-order valence-electron chi connectivity index (χ1n) is 41.1. The Labute approximate surface area is 586 Å². The van der Waals surface area contributed by atoms with E-state index in [1.54, 1.807) is 0 Å². The van der Waals surface area contributed by atoms with Crippen molar-refractivity contribution in [2.24, 2.45) is 30.0 Å². The Hall–Kier alpha value is -4.92. The minimum absolute atomic E-state index is 0.0457. The summed E-state index contributed by atoms with van der Waals surface area (Å²) < 4.78 is 0. The van der Waals surface area contributed by atoms with Crippen molar-refractivity contribution in [1.29, 1.82) is 0 Å². The zero-order valence-electron chi connectivity index (χ0n) is 61.6. The van der Waals surface area contributed by atoms with E-state index in [9.17, 15) is 15.3 Å². The van der Waals surface area contributed by atoms with Crippen LogP contribution >= 0.6 is 0 Å². The Kier molecular flexibility index (Phi) is 39.8. The molecule has 0 aromatic heterocycles. The van der Waals surface area contributed by atoms with E-state index in [0.29, 0.717) is 0 Å². The number of aliphatic imine (C=N–C) groups is 6. The van der Waals surface area contributed by atoms with Crippen molar-refractivity contribution in [2.75, 3.05) is 0 Å². The van der Waals surface area contributed by atoms with E-state index in [-0.39, 0.29) is 53.5 Å². The van der Waals surface area contributed by atoms with E-state index in [1.165, 1.54) is 248 Å². The van der Waals surface area contributed by atoms with Crippen LogP contribution in [-0.4, -0.2) is 88.9 Å². The fourth-order valence-electron chi connectivity index (χ4n) is 15.7. The molecule has 3 aromatic rings. The number of benzene rings is 3. The van der Waals surface area contributed by atoms with Gasteiger partial charge in [0.05, 0.1) is 36.3 Å². The average Bonchev–Trinajstić information content (AvgIpc) is 0.959. The third-order valence-corrected chi connectivity index (χ3v) is 21.9. The molecule has 3 saturated carbocycles. The summed E-state index contributed by atoms with van der Waals surface area (Å²) in [4.78, 5) is 31.9. The lowest BCUT2D eigenvalue weighted by Gasteiger charge is -2.26. The zero-order valence-corrected chi connectivity index (χ0v) is 61.6. The number of aromatic hydroxyl groups is 3. The van der Waals surface area contributed by atoms with Crippen molar-refractivity contribution in [3.8, 4) is 17.2 Å². The largest absolute Gasteiger partial charge is 0.507 e. The molecular weight excluding hydrogens is 1180 g/mol. The standard InChI is InChI=1S/C87H138N6O3/c1-4-7-10-13-16-19-22-25-28-31-34-37-40-49-70-58-73-64-88-79-52-43-45-54-81(79)90-66-75-60-71(50-41-38-35-32-29-26-23-20-17-14-11-8-5-2)62-77(86(75)95)68-92-83-56-47-48-57-84(83)93-69-78-63-72(51-42-39-36-33-30-27-24-21-18-15-12-9-6-3)61-76(87(78)96)67-91-82-55-46-44-53-80(82)89-65-74(59-70)85(73)94/h58-69,79-84,94-96H,4-57H2,1-3H3. The molecule has 6 unspecified atom stereocenters. The molecule has 4 aliphatic rings. The van der Waals surface area contributed by atoms with Crippen LogP contribution in [0, 0.1) is 0 Å². The van der Waals surface area contributed by atoms with Crippen LogP contribution in [0.3, 0.4) is 0 Å². The predicted molar refractivity (Wildman–Crippen MR) is 416 cm³/mol. The second kappa shape index (κ2) is 48.8. The Morgan fingerprint density at radius 2 is 0.375 bits per heavy atom. The van der Waals surface area contributed by atoms with Gasteiger partial charge >= 0.3 is 0 Å². The molecule has 534 valence electrons. The van der Waals surface area contributed by atoms with E-state index in [1.807, 2.05) is 37.3 Å². The van der Waals surface area contributed by atoms with Gasteiger partial charge in [-0.25, -0.2) is 0 Å². The quantitative estimate of drug-likeness (QED) is 0.0488. The summed E-state index contributed by atoms with van der Waals surface area (Å²) in [7, 11) is 0. The van der Waals surface area contributed by atoms with Crippen molar-refractivity contribution in [3.63, 3.8) is 0 Å². The highest BCUT2D eigenvalue weighted by Gasteiger charge is 2.27. The maximum atomic E-state index is 12.2. The number of aryl methyl sites for hydroxylation is 3.